The van der Waals surface area contributed by atoms with E-state index in [9.17, 15) is 32.7 Å². The lowest BCUT2D eigenvalue weighted by Gasteiger charge is -2.17. The van der Waals surface area contributed by atoms with Gasteiger partial charge in [0.25, 0.3) is 11.5 Å². The maximum atomic E-state index is 13.3. The molecule has 0 aliphatic heterocycles. The number of hydrogen-bond donors (Lipinski definition) is 3. The number of carbonyl (C=O) groups excluding carboxylic acids is 1. The minimum Gasteiger partial charge on any atom is -0.505 e. The Kier molecular flexibility index (Phi) is 5.06. The molecule has 0 aliphatic carbocycles. The van der Waals surface area contributed by atoms with Gasteiger partial charge in [-0.1, -0.05) is 18.2 Å². The summed E-state index contributed by atoms with van der Waals surface area (Å²) in [5.74, 6) is -3.24. The third-order valence-electron chi connectivity index (χ3n) is 4.19. The first-order chi connectivity index (χ1) is 13.6. The number of rotatable bonds is 5. The Hall–Kier alpha value is -3.76. The van der Waals surface area contributed by atoms with Gasteiger partial charge in [0.15, 0.2) is 5.75 Å². The highest BCUT2D eigenvalue weighted by Gasteiger charge is 2.33. The van der Waals surface area contributed by atoms with Gasteiger partial charge in [0.05, 0.1) is 12.1 Å². The van der Waals surface area contributed by atoms with Crippen LogP contribution in [0.25, 0.3) is 5.52 Å². The van der Waals surface area contributed by atoms with Gasteiger partial charge in [-0.15, -0.1) is 0 Å². The summed E-state index contributed by atoms with van der Waals surface area (Å²) >= 11 is 0. The highest BCUT2D eigenvalue weighted by molar-refractivity contribution is 5.99. The van der Waals surface area contributed by atoms with Crippen LogP contribution in [-0.4, -0.2) is 37.8 Å². The van der Waals surface area contributed by atoms with E-state index in [1.54, 1.807) is 0 Å². The summed E-state index contributed by atoms with van der Waals surface area (Å²) in [5.41, 5.74) is -3.01. The molecule has 0 fully saturated rings. The van der Waals surface area contributed by atoms with Crippen LogP contribution in [0.1, 0.15) is 21.5 Å². The molecular weight excluding hydrogens is 395 g/mol. The average molecular weight is 409 g/mol. The summed E-state index contributed by atoms with van der Waals surface area (Å²) in [6.45, 7) is -1.35. The van der Waals surface area contributed by atoms with Crippen LogP contribution < -0.4 is 10.9 Å². The van der Waals surface area contributed by atoms with Crippen molar-refractivity contribution in [3.63, 3.8) is 0 Å². The van der Waals surface area contributed by atoms with E-state index >= 15 is 0 Å². The van der Waals surface area contributed by atoms with Crippen molar-refractivity contribution >= 4 is 17.4 Å². The molecular formula is C18H14F3N3O5. The van der Waals surface area contributed by atoms with Crippen LogP contribution in [-0.2, 0) is 17.5 Å². The molecule has 0 unspecified atom stereocenters. The lowest BCUT2D eigenvalue weighted by atomic mass is 10.1. The Morgan fingerprint density at radius 3 is 2.45 bits per heavy atom. The average Bonchev–Trinajstić information content (AvgIpc) is 3.13. The van der Waals surface area contributed by atoms with Gasteiger partial charge in [-0.05, 0) is 23.8 Å². The van der Waals surface area contributed by atoms with E-state index in [0.717, 1.165) is 15.3 Å². The number of aromatic nitrogens is 2. The number of aromatic hydroxyl groups is 1. The largest absolute Gasteiger partial charge is 0.505 e. The number of carboxylic acids is 1. The van der Waals surface area contributed by atoms with E-state index in [-0.39, 0.29) is 11.1 Å². The predicted octanol–water partition coefficient (Wildman–Crippen LogP) is 1.69. The topological polar surface area (TPSA) is 113 Å². The number of carbonyl (C=O) groups is 2. The van der Waals surface area contributed by atoms with Crippen molar-refractivity contribution in [1.29, 1.82) is 0 Å². The molecule has 3 N–H and O–H groups in total. The maximum absolute atomic E-state index is 13.3. The molecule has 0 saturated carbocycles. The minimum atomic E-state index is -4.66. The predicted molar refractivity (Wildman–Crippen MR) is 93.8 cm³/mol. The van der Waals surface area contributed by atoms with Crippen molar-refractivity contribution in [3.8, 4) is 5.75 Å². The quantitative estimate of drug-likeness (QED) is 0.594. The molecule has 0 spiro atoms. The lowest BCUT2D eigenvalue weighted by molar-refractivity contribution is -0.138. The van der Waals surface area contributed by atoms with Gasteiger partial charge in [-0.25, -0.2) is 4.68 Å². The van der Waals surface area contributed by atoms with Crippen LogP contribution in [0.3, 0.4) is 0 Å². The van der Waals surface area contributed by atoms with Crippen molar-refractivity contribution in [1.82, 2.24) is 14.5 Å². The molecule has 3 rings (SSSR count). The molecule has 1 aromatic carbocycles. The molecule has 2 aromatic heterocycles. The molecule has 3 aromatic rings. The first-order valence-corrected chi connectivity index (χ1v) is 8.19. The van der Waals surface area contributed by atoms with Gasteiger partial charge in [0.1, 0.15) is 17.6 Å². The Morgan fingerprint density at radius 1 is 1.10 bits per heavy atom. The zero-order valence-corrected chi connectivity index (χ0v) is 14.6. The fourth-order valence-corrected chi connectivity index (χ4v) is 2.92. The molecule has 152 valence electrons. The van der Waals surface area contributed by atoms with Crippen LogP contribution in [0.4, 0.5) is 13.2 Å². The van der Waals surface area contributed by atoms with Crippen molar-refractivity contribution in [2.75, 3.05) is 6.54 Å². The van der Waals surface area contributed by atoms with Gasteiger partial charge in [-0.2, -0.15) is 13.2 Å². The Bertz CT molecular complexity index is 1160. The Labute approximate surface area is 160 Å². The zero-order valence-electron chi connectivity index (χ0n) is 14.6. The third-order valence-corrected chi connectivity index (χ3v) is 4.19. The van der Waals surface area contributed by atoms with Crippen LogP contribution in [0.15, 0.2) is 47.4 Å². The second kappa shape index (κ2) is 7.34. The number of nitrogens with one attached hydrogen (secondary N) is 1. The molecule has 8 nitrogen and oxygen atoms in total. The summed E-state index contributed by atoms with van der Waals surface area (Å²) in [7, 11) is 0. The van der Waals surface area contributed by atoms with E-state index < -0.39 is 53.6 Å². The molecule has 1 amide bonds. The van der Waals surface area contributed by atoms with Crippen molar-refractivity contribution in [2.45, 2.75) is 12.7 Å². The van der Waals surface area contributed by atoms with Crippen molar-refractivity contribution in [3.05, 3.63) is 69.6 Å². The molecule has 11 heteroatoms. The van der Waals surface area contributed by atoms with Gasteiger partial charge < -0.3 is 15.5 Å². The number of benzene rings is 1. The first kappa shape index (κ1) is 20.0. The monoisotopic (exact) mass is 409 g/mol. The van der Waals surface area contributed by atoms with E-state index in [0.29, 0.717) is 0 Å². The summed E-state index contributed by atoms with van der Waals surface area (Å²) in [6.07, 6.45) is -3.32. The fraction of sp³-hybridized carbons (Fsp3) is 0.167. The minimum absolute atomic E-state index is 0.00503. The molecule has 0 atom stereocenters. The van der Waals surface area contributed by atoms with Crippen LogP contribution in [0, 0.1) is 0 Å². The highest BCUT2D eigenvalue weighted by Crippen LogP contribution is 2.32. The van der Waals surface area contributed by atoms with Crippen molar-refractivity contribution in [2.24, 2.45) is 0 Å². The number of carboxylic acid groups (broad SMARTS) is 1. The number of aliphatic carboxylic acids is 1. The molecule has 29 heavy (non-hydrogen) atoms. The highest BCUT2D eigenvalue weighted by atomic mass is 19.4. The summed E-state index contributed by atoms with van der Waals surface area (Å²) < 4.78 is 41.9. The van der Waals surface area contributed by atoms with Crippen LogP contribution in [0.2, 0.25) is 0 Å². The van der Waals surface area contributed by atoms with Crippen LogP contribution in [0.5, 0.6) is 5.75 Å². The number of alkyl halides is 3. The van der Waals surface area contributed by atoms with E-state index in [1.165, 1.54) is 36.5 Å². The normalized spacial score (nSPS) is 11.6. The van der Waals surface area contributed by atoms with Gasteiger partial charge in [-0.3, -0.25) is 18.9 Å². The number of amides is 1. The van der Waals surface area contributed by atoms with Crippen LogP contribution >= 0.6 is 0 Å². The maximum Gasteiger partial charge on any atom is 0.416 e. The summed E-state index contributed by atoms with van der Waals surface area (Å²) in [4.78, 5) is 35.7. The standard InChI is InChI=1S/C18H14F3N3O5/c19-18(20,21)11-5-2-1-4-10(11)9-24-17(29)14(16(28)22-8-13(25)26)15(27)12-6-3-7-23(12)24/h1-7,27H,8-9H2,(H,22,28)(H,25,26). The van der Waals surface area contributed by atoms with Gasteiger partial charge in [0.2, 0.25) is 0 Å². The number of hydrogen-bond acceptors (Lipinski definition) is 4. The third kappa shape index (κ3) is 3.79. The van der Waals surface area contributed by atoms with Gasteiger partial charge in [0, 0.05) is 6.20 Å². The molecule has 0 bridgehead atoms. The molecule has 2 heterocycles. The van der Waals surface area contributed by atoms with E-state index in [2.05, 4.69) is 0 Å². The number of nitrogens with zero attached hydrogens (tertiary/aromatic N) is 2. The lowest BCUT2D eigenvalue weighted by Crippen LogP contribution is -2.37. The number of halogens is 3. The molecule has 0 saturated heterocycles. The van der Waals surface area contributed by atoms with Gasteiger partial charge >= 0.3 is 12.1 Å². The SMILES string of the molecule is O=C(O)CNC(=O)c1c(O)c2cccn2n(Cc2ccccc2C(F)(F)F)c1=O. The second-order valence-electron chi connectivity index (χ2n) is 6.06. The number of fused-ring (bicyclic) bond motifs is 1. The second-order valence-corrected chi connectivity index (χ2v) is 6.06. The summed E-state index contributed by atoms with van der Waals surface area (Å²) in [5, 5.41) is 20.9. The Balaban J connectivity index is 2.17. The van der Waals surface area contributed by atoms with Crippen molar-refractivity contribution < 1.29 is 33.0 Å². The van der Waals surface area contributed by atoms with E-state index in [1.807, 2.05) is 5.32 Å². The summed E-state index contributed by atoms with van der Waals surface area (Å²) in [6, 6.07) is 7.44. The molecule has 0 aliphatic rings. The first-order valence-electron chi connectivity index (χ1n) is 8.19. The Morgan fingerprint density at radius 2 is 1.79 bits per heavy atom. The smallest absolute Gasteiger partial charge is 0.416 e. The fourth-order valence-electron chi connectivity index (χ4n) is 2.92. The molecule has 0 radical (unpaired) electrons. The van der Waals surface area contributed by atoms with E-state index in [4.69, 9.17) is 5.11 Å². The zero-order chi connectivity index (χ0) is 21.3.